The zero-order valence-electron chi connectivity index (χ0n) is 13.5. The number of carbonyl (C=O) groups is 1. The number of thiophene rings is 1. The number of benzene rings is 1. The van der Waals surface area contributed by atoms with Crippen LogP contribution in [0.4, 0.5) is 0 Å². The summed E-state index contributed by atoms with van der Waals surface area (Å²) in [6.07, 6.45) is 7.47. The van der Waals surface area contributed by atoms with Crippen LogP contribution in [0.3, 0.4) is 0 Å². The van der Waals surface area contributed by atoms with E-state index in [-0.39, 0.29) is 5.91 Å². The van der Waals surface area contributed by atoms with Crippen LogP contribution in [-0.2, 0) is 19.3 Å². The summed E-state index contributed by atoms with van der Waals surface area (Å²) in [5, 5.41) is 0. The Hall–Kier alpha value is -1.87. The van der Waals surface area contributed by atoms with Gasteiger partial charge in [-0.3, -0.25) is 4.79 Å². The van der Waals surface area contributed by atoms with Crippen LogP contribution in [0.15, 0.2) is 49.1 Å². The van der Waals surface area contributed by atoms with E-state index in [2.05, 4.69) is 24.8 Å². The Bertz CT molecular complexity index is 651. The van der Waals surface area contributed by atoms with Crippen LogP contribution in [0.1, 0.15) is 38.5 Å². The minimum Gasteiger partial charge on any atom is -0.334 e. The number of carbonyl (C=O) groups excluding carboxylic acids is 1. The average Bonchev–Trinajstić information content (AvgIpc) is 3.03. The van der Waals surface area contributed by atoms with Crippen molar-refractivity contribution in [3.05, 3.63) is 69.9 Å². The Kier molecular flexibility index (Phi) is 5.29. The highest BCUT2D eigenvalue weighted by atomic mass is 32.1. The van der Waals surface area contributed by atoms with E-state index in [9.17, 15) is 4.79 Å². The maximum Gasteiger partial charge on any atom is 0.264 e. The third kappa shape index (κ3) is 3.91. The van der Waals surface area contributed by atoms with Gasteiger partial charge < -0.3 is 4.90 Å². The Labute approximate surface area is 142 Å². The Morgan fingerprint density at radius 2 is 2.00 bits per heavy atom. The lowest BCUT2D eigenvalue weighted by atomic mass is 9.99. The molecule has 1 aliphatic carbocycles. The smallest absolute Gasteiger partial charge is 0.264 e. The molecule has 0 aliphatic heterocycles. The van der Waals surface area contributed by atoms with Crippen molar-refractivity contribution < 1.29 is 4.79 Å². The van der Waals surface area contributed by atoms with E-state index in [1.165, 1.54) is 28.8 Å². The molecule has 0 N–H and O–H groups in total. The molecule has 1 aliphatic rings. The van der Waals surface area contributed by atoms with E-state index >= 15 is 0 Å². The van der Waals surface area contributed by atoms with Gasteiger partial charge in [0.2, 0.25) is 0 Å². The van der Waals surface area contributed by atoms with Crippen molar-refractivity contribution in [3.63, 3.8) is 0 Å². The van der Waals surface area contributed by atoms with Crippen LogP contribution >= 0.6 is 11.3 Å². The van der Waals surface area contributed by atoms with Gasteiger partial charge in [-0.05, 0) is 49.3 Å². The topological polar surface area (TPSA) is 20.3 Å². The first-order valence-corrected chi connectivity index (χ1v) is 9.15. The van der Waals surface area contributed by atoms with Crippen molar-refractivity contribution in [1.29, 1.82) is 0 Å². The number of nitrogens with zero attached hydrogens (tertiary/aromatic N) is 1. The van der Waals surface area contributed by atoms with E-state index in [0.717, 1.165) is 30.7 Å². The molecule has 120 valence electrons. The first-order chi connectivity index (χ1) is 11.3. The minimum atomic E-state index is 0.153. The van der Waals surface area contributed by atoms with Gasteiger partial charge in [-0.2, -0.15) is 0 Å². The highest BCUT2D eigenvalue weighted by Crippen LogP contribution is 2.30. The molecule has 1 aromatic carbocycles. The predicted octanol–water partition coefficient (Wildman–Crippen LogP) is 4.50. The second-order valence-corrected chi connectivity index (χ2v) is 7.18. The highest BCUT2D eigenvalue weighted by Gasteiger charge is 2.20. The lowest BCUT2D eigenvalue weighted by Crippen LogP contribution is -2.32. The molecule has 0 radical (unpaired) electrons. The first-order valence-electron chi connectivity index (χ1n) is 8.33. The second-order valence-electron chi connectivity index (χ2n) is 6.04. The first kappa shape index (κ1) is 16.0. The van der Waals surface area contributed by atoms with E-state index in [1.54, 1.807) is 11.3 Å². The largest absolute Gasteiger partial charge is 0.334 e. The van der Waals surface area contributed by atoms with Gasteiger partial charge in [-0.25, -0.2) is 0 Å². The Balaban J connectivity index is 1.70. The molecule has 3 heteroatoms. The maximum absolute atomic E-state index is 12.9. The molecule has 0 unspecified atom stereocenters. The molecule has 23 heavy (non-hydrogen) atoms. The third-order valence-corrected chi connectivity index (χ3v) is 5.58. The molecule has 1 aromatic heterocycles. The van der Waals surface area contributed by atoms with Crippen LogP contribution in [0.25, 0.3) is 0 Å². The number of hydrogen-bond donors (Lipinski definition) is 0. The van der Waals surface area contributed by atoms with Gasteiger partial charge >= 0.3 is 0 Å². The van der Waals surface area contributed by atoms with Gasteiger partial charge in [0.1, 0.15) is 0 Å². The molecule has 0 saturated heterocycles. The normalized spacial score (nSPS) is 13.4. The van der Waals surface area contributed by atoms with Crippen molar-refractivity contribution in [1.82, 2.24) is 4.90 Å². The van der Waals surface area contributed by atoms with Crippen molar-refractivity contribution in [2.75, 3.05) is 13.1 Å². The fraction of sp³-hybridized carbons (Fsp3) is 0.350. The summed E-state index contributed by atoms with van der Waals surface area (Å²) >= 11 is 1.69. The summed E-state index contributed by atoms with van der Waals surface area (Å²) in [6.45, 7) is 5.15. The minimum absolute atomic E-state index is 0.153. The number of aryl methyl sites for hydroxylation is 2. The summed E-state index contributed by atoms with van der Waals surface area (Å²) in [5.41, 5.74) is 2.66. The molecule has 0 spiro atoms. The van der Waals surface area contributed by atoms with Crippen LogP contribution in [0, 0.1) is 0 Å². The molecule has 1 heterocycles. The van der Waals surface area contributed by atoms with Crippen molar-refractivity contribution in [2.45, 2.75) is 32.1 Å². The van der Waals surface area contributed by atoms with Crippen LogP contribution in [0.5, 0.6) is 0 Å². The number of fused-ring (bicyclic) bond motifs is 1. The van der Waals surface area contributed by atoms with Gasteiger partial charge in [0.15, 0.2) is 0 Å². The van der Waals surface area contributed by atoms with Gasteiger partial charge in [-0.15, -0.1) is 17.9 Å². The summed E-state index contributed by atoms with van der Waals surface area (Å²) in [5.74, 6) is 0.153. The maximum atomic E-state index is 12.9. The monoisotopic (exact) mass is 325 g/mol. The zero-order valence-corrected chi connectivity index (χ0v) is 14.3. The predicted molar refractivity (Wildman–Crippen MR) is 97.2 cm³/mol. The van der Waals surface area contributed by atoms with Gasteiger partial charge in [0.25, 0.3) is 5.91 Å². The SMILES string of the molecule is C=CCN(CCc1ccccc1)C(=O)c1cc2c(s1)CCCC2. The van der Waals surface area contributed by atoms with Crippen molar-refractivity contribution in [3.8, 4) is 0 Å². The van der Waals surface area contributed by atoms with E-state index in [1.807, 2.05) is 29.2 Å². The third-order valence-electron chi connectivity index (χ3n) is 4.36. The fourth-order valence-electron chi connectivity index (χ4n) is 3.09. The van der Waals surface area contributed by atoms with Crippen molar-refractivity contribution >= 4 is 17.2 Å². The summed E-state index contributed by atoms with van der Waals surface area (Å²) in [4.78, 5) is 17.1. The van der Waals surface area contributed by atoms with Gasteiger partial charge in [0, 0.05) is 18.0 Å². The molecule has 2 nitrogen and oxygen atoms in total. The highest BCUT2D eigenvalue weighted by molar-refractivity contribution is 7.14. The van der Waals surface area contributed by atoms with E-state index < -0.39 is 0 Å². The van der Waals surface area contributed by atoms with Crippen LogP contribution in [-0.4, -0.2) is 23.9 Å². The molecule has 2 aromatic rings. The van der Waals surface area contributed by atoms with E-state index in [0.29, 0.717) is 6.54 Å². The Morgan fingerprint density at radius 3 is 2.74 bits per heavy atom. The number of amides is 1. The molecule has 0 fully saturated rings. The molecular formula is C20H23NOS. The van der Waals surface area contributed by atoms with Crippen LogP contribution < -0.4 is 0 Å². The summed E-state index contributed by atoms with van der Waals surface area (Å²) in [7, 11) is 0. The molecule has 0 saturated carbocycles. The second kappa shape index (κ2) is 7.60. The zero-order chi connectivity index (χ0) is 16.1. The number of rotatable bonds is 6. The lowest BCUT2D eigenvalue weighted by Gasteiger charge is -2.20. The lowest BCUT2D eigenvalue weighted by molar-refractivity contribution is 0.0780. The summed E-state index contributed by atoms with van der Waals surface area (Å²) in [6, 6.07) is 12.5. The van der Waals surface area contributed by atoms with Crippen LogP contribution in [0.2, 0.25) is 0 Å². The fourth-order valence-corrected chi connectivity index (χ4v) is 4.31. The molecule has 0 bridgehead atoms. The Morgan fingerprint density at radius 1 is 1.22 bits per heavy atom. The number of hydrogen-bond acceptors (Lipinski definition) is 2. The van der Waals surface area contributed by atoms with Gasteiger partial charge in [0.05, 0.1) is 4.88 Å². The quantitative estimate of drug-likeness (QED) is 0.716. The summed E-state index contributed by atoms with van der Waals surface area (Å²) < 4.78 is 0. The van der Waals surface area contributed by atoms with Gasteiger partial charge in [-0.1, -0.05) is 36.4 Å². The molecule has 0 atom stereocenters. The standard InChI is InChI=1S/C20H23NOS/c1-2-13-21(14-12-16-8-4-3-5-9-16)20(22)19-15-17-10-6-7-11-18(17)23-19/h2-5,8-9,15H,1,6-7,10-14H2. The molecule has 1 amide bonds. The average molecular weight is 325 g/mol. The van der Waals surface area contributed by atoms with E-state index in [4.69, 9.17) is 0 Å². The molecule has 3 rings (SSSR count). The molecular weight excluding hydrogens is 302 g/mol. The van der Waals surface area contributed by atoms with Crippen molar-refractivity contribution in [2.24, 2.45) is 0 Å².